The van der Waals surface area contributed by atoms with Crippen LogP contribution in [0.15, 0.2) is 0 Å². The zero-order valence-electron chi connectivity index (χ0n) is 18.0. The topological polar surface area (TPSA) is 234 Å². The van der Waals surface area contributed by atoms with Crippen molar-refractivity contribution in [3.8, 4) is 0 Å². The number of carbonyl (C=O) groups is 5. The third-order valence-corrected chi connectivity index (χ3v) is 4.70. The molecule has 0 aromatic carbocycles. The minimum Gasteiger partial charge on any atom is -0.480 e. The zero-order chi connectivity index (χ0) is 24.5. The SMILES string of the molecule is CCC(C)C(NC(=O)C(CC(N)=O)NC(=O)C(N)C(C)O)C(=O)NC(C(=O)O)C(C)O. The van der Waals surface area contributed by atoms with Gasteiger partial charge in [0.25, 0.3) is 0 Å². The van der Waals surface area contributed by atoms with Crippen LogP contribution in [-0.2, 0) is 24.0 Å². The molecule has 0 saturated carbocycles. The number of carbonyl (C=O) groups excluding carboxylic acids is 4. The smallest absolute Gasteiger partial charge is 0.328 e. The molecule has 0 rings (SSSR count). The number of aliphatic hydroxyl groups is 2. The van der Waals surface area contributed by atoms with E-state index in [0.717, 1.165) is 0 Å². The number of nitrogens with two attached hydrogens (primary N) is 2. The van der Waals surface area contributed by atoms with Crippen molar-refractivity contribution >= 4 is 29.6 Å². The van der Waals surface area contributed by atoms with Crippen LogP contribution in [0.4, 0.5) is 0 Å². The van der Waals surface area contributed by atoms with E-state index in [1.807, 2.05) is 0 Å². The van der Waals surface area contributed by atoms with Gasteiger partial charge in [0.05, 0.1) is 18.6 Å². The van der Waals surface area contributed by atoms with E-state index in [2.05, 4.69) is 16.0 Å². The number of aliphatic hydroxyl groups excluding tert-OH is 2. The first kappa shape index (κ1) is 28.2. The lowest BCUT2D eigenvalue weighted by Gasteiger charge is -2.28. The molecule has 0 bridgehead atoms. The monoisotopic (exact) mass is 447 g/mol. The third kappa shape index (κ3) is 9.27. The van der Waals surface area contributed by atoms with Gasteiger partial charge in [-0.25, -0.2) is 4.79 Å². The Morgan fingerprint density at radius 2 is 1.35 bits per heavy atom. The van der Waals surface area contributed by atoms with Crippen LogP contribution in [-0.4, -0.2) is 81.3 Å². The van der Waals surface area contributed by atoms with Crippen molar-refractivity contribution in [1.82, 2.24) is 16.0 Å². The van der Waals surface area contributed by atoms with Gasteiger partial charge in [-0.2, -0.15) is 0 Å². The normalized spacial score (nSPS) is 17.8. The first-order valence-corrected chi connectivity index (χ1v) is 9.76. The van der Waals surface area contributed by atoms with Gasteiger partial charge in [-0.1, -0.05) is 20.3 Å². The molecule has 0 heterocycles. The number of carboxylic acids is 1. The maximum atomic E-state index is 12.7. The van der Waals surface area contributed by atoms with E-state index in [1.54, 1.807) is 13.8 Å². The fourth-order valence-electron chi connectivity index (χ4n) is 2.48. The minimum absolute atomic E-state index is 0.407. The average Bonchev–Trinajstić information content (AvgIpc) is 2.66. The van der Waals surface area contributed by atoms with E-state index in [0.29, 0.717) is 6.42 Å². The van der Waals surface area contributed by atoms with Gasteiger partial charge < -0.3 is 42.7 Å². The molecular weight excluding hydrogens is 414 g/mol. The number of amides is 4. The molecule has 178 valence electrons. The highest BCUT2D eigenvalue weighted by atomic mass is 16.4. The zero-order valence-corrected chi connectivity index (χ0v) is 18.0. The van der Waals surface area contributed by atoms with Gasteiger partial charge in [-0.05, 0) is 19.8 Å². The Balaban J connectivity index is 5.59. The summed E-state index contributed by atoms with van der Waals surface area (Å²) in [4.78, 5) is 60.0. The fraction of sp³-hybridized carbons (Fsp3) is 0.722. The summed E-state index contributed by atoms with van der Waals surface area (Å²) in [5, 5.41) is 34.9. The first-order valence-electron chi connectivity index (χ1n) is 9.76. The van der Waals surface area contributed by atoms with E-state index in [4.69, 9.17) is 16.6 Å². The molecule has 0 aliphatic heterocycles. The van der Waals surface area contributed by atoms with Crippen molar-refractivity contribution in [3.63, 3.8) is 0 Å². The molecule has 10 N–H and O–H groups in total. The summed E-state index contributed by atoms with van der Waals surface area (Å²) < 4.78 is 0. The van der Waals surface area contributed by atoms with Gasteiger partial charge in [0.15, 0.2) is 6.04 Å². The number of primary amides is 1. The van der Waals surface area contributed by atoms with Crippen LogP contribution in [0.2, 0.25) is 0 Å². The van der Waals surface area contributed by atoms with Crippen LogP contribution in [0.3, 0.4) is 0 Å². The number of aliphatic carboxylic acids is 1. The fourth-order valence-corrected chi connectivity index (χ4v) is 2.48. The third-order valence-electron chi connectivity index (χ3n) is 4.70. The van der Waals surface area contributed by atoms with Crippen molar-refractivity contribution in [2.75, 3.05) is 0 Å². The largest absolute Gasteiger partial charge is 0.480 e. The second-order valence-electron chi connectivity index (χ2n) is 7.43. The minimum atomic E-state index is -1.61. The molecule has 0 aromatic heterocycles. The molecule has 7 unspecified atom stereocenters. The van der Waals surface area contributed by atoms with Gasteiger partial charge in [-0.3, -0.25) is 19.2 Å². The Morgan fingerprint density at radius 1 is 0.839 bits per heavy atom. The Hall–Kier alpha value is -2.77. The predicted octanol–water partition coefficient (Wildman–Crippen LogP) is -3.46. The number of nitrogens with one attached hydrogen (secondary N) is 3. The van der Waals surface area contributed by atoms with E-state index in [9.17, 15) is 34.2 Å². The summed E-state index contributed by atoms with van der Waals surface area (Å²) >= 11 is 0. The molecule has 0 aliphatic carbocycles. The van der Waals surface area contributed by atoms with Crippen molar-refractivity contribution in [2.24, 2.45) is 17.4 Å². The number of hydrogen-bond acceptors (Lipinski definition) is 8. The van der Waals surface area contributed by atoms with E-state index >= 15 is 0 Å². The van der Waals surface area contributed by atoms with Crippen LogP contribution < -0.4 is 27.4 Å². The molecule has 0 radical (unpaired) electrons. The molecule has 7 atom stereocenters. The molecule has 0 aromatic rings. The maximum absolute atomic E-state index is 12.7. The number of hydrogen-bond donors (Lipinski definition) is 8. The van der Waals surface area contributed by atoms with Gasteiger partial charge >= 0.3 is 5.97 Å². The summed E-state index contributed by atoms with van der Waals surface area (Å²) in [5.41, 5.74) is 10.6. The molecule has 0 spiro atoms. The van der Waals surface area contributed by atoms with Crippen molar-refractivity contribution in [1.29, 1.82) is 0 Å². The summed E-state index contributed by atoms with van der Waals surface area (Å²) in [6, 6.07) is -5.71. The molecule has 0 aliphatic rings. The highest BCUT2D eigenvalue weighted by molar-refractivity contribution is 5.96. The number of rotatable bonds is 13. The van der Waals surface area contributed by atoms with Crippen LogP contribution in [0.1, 0.15) is 40.5 Å². The second kappa shape index (κ2) is 12.8. The summed E-state index contributed by atoms with van der Waals surface area (Å²) in [5.74, 6) is -5.59. The van der Waals surface area contributed by atoms with Crippen LogP contribution in [0, 0.1) is 5.92 Å². The standard InChI is InChI=1S/C18H33N5O8/c1-5-7(2)13(17(29)23-14(9(4)25)18(30)31)22-15(27)10(6-11(19)26)21-16(28)12(20)8(3)24/h7-10,12-14,24-25H,5-6,20H2,1-4H3,(H2,19,26)(H,21,28)(H,22,27)(H,23,29)(H,30,31). The maximum Gasteiger partial charge on any atom is 0.328 e. The molecular formula is C18H33N5O8. The van der Waals surface area contributed by atoms with E-state index in [-0.39, 0.29) is 0 Å². The first-order chi connectivity index (χ1) is 14.2. The molecule has 0 saturated heterocycles. The predicted molar refractivity (Wildman–Crippen MR) is 108 cm³/mol. The van der Waals surface area contributed by atoms with Crippen molar-refractivity contribution < 1.29 is 39.3 Å². The second-order valence-corrected chi connectivity index (χ2v) is 7.43. The van der Waals surface area contributed by atoms with E-state index < -0.39 is 78.3 Å². The Morgan fingerprint density at radius 3 is 1.74 bits per heavy atom. The average molecular weight is 447 g/mol. The van der Waals surface area contributed by atoms with E-state index in [1.165, 1.54) is 13.8 Å². The number of carboxylic acid groups (broad SMARTS) is 1. The summed E-state index contributed by atoms with van der Waals surface area (Å²) in [6.07, 6.45) is -2.84. The molecule has 13 heteroatoms. The quantitative estimate of drug-likeness (QED) is 0.140. The highest BCUT2D eigenvalue weighted by Crippen LogP contribution is 2.10. The van der Waals surface area contributed by atoms with Crippen LogP contribution in [0.25, 0.3) is 0 Å². The molecule has 13 nitrogen and oxygen atoms in total. The highest BCUT2D eigenvalue weighted by Gasteiger charge is 2.34. The molecule has 0 fully saturated rings. The Kier molecular flexibility index (Phi) is 11.7. The van der Waals surface area contributed by atoms with Gasteiger partial charge in [0.1, 0.15) is 18.1 Å². The molecule has 4 amide bonds. The summed E-state index contributed by atoms with van der Waals surface area (Å²) in [6.45, 7) is 5.79. The lowest BCUT2D eigenvalue weighted by molar-refractivity contribution is -0.145. The van der Waals surface area contributed by atoms with Gasteiger partial charge in [-0.15, -0.1) is 0 Å². The van der Waals surface area contributed by atoms with Gasteiger partial charge in [0.2, 0.25) is 23.6 Å². The Bertz CT molecular complexity index is 669. The lowest BCUT2D eigenvalue weighted by atomic mass is 9.97. The lowest BCUT2D eigenvalue weighted by Crippen LogP contribution is -2.60. The van der Waals surface area contributed by atoms with Crippen LogP contribution >= 0.6 is 0 Å². The van der Waals surface area contributed by atoms with Crippen molar-refractivity contribution in [2.45, 2.75) is 76.9 Å². The summed E-state index contributed by atoms with van der Waals surface area (Å²) in [7, 11) is 0. The molecule has 31 heavy (non-hydrogen) atoms. The Labute approximate surface area is 179 Å². The van der Waals surface area contributed by atoms with Gasteiger partial charge in [0, 0.05) is 0 Å². The van der Waals surface area contributed by atoms with Crippen molar-refractivity contribution in [3.05, 3.63) is 0 Å². The van der Waals surface area contributed by atoms with Crippen LogP contribution in [0.5, 0.6) is 0 Å².